The second kappa shape index (κ2) is 4.94. The van der Waals surface area contributed by atoms with E-state index in [9.17, 15) is 9.90 Å². The van der Waals surface area contributed by atoms with Crippen LogP contribution in [-0.4, -0.2) is 33.6 Å². The average Bonchev–Trinajstić information content (AvgIpc) is 2.79. The third-order valence-electron chi connectivity index (χ3n) is 4.29. The number of aliphatic carboxylic acids is 1. The van der Waals surface area contributed by atoms with Crippen LogP contribution in [-0.2, 0) is 4.79 Å². The van der Waals surface area contributed by atoms with Crippen LogP contribution < -0.4 is 4.90 Å². The van der Waals surface area contributed by atoms with Crippen molar-refractivity contribution in [2.45, 2.75) is 39.7 Å². The lowest BCUT2D eigenvalue weighted by atomic mass is 9.76. The minimum atomic E-state index is -0.778. The van der Waals surface area contributed by atoms with Crippen LogP contribution in [0.4, 0.5) is 5.82 Å². The molecule has 3 heterocycles. The van der Waals surface area contributed by atoms with E-state index in [4.69, 9.17) is 0 Å². The van der Waals surface area contributed by atoms with Crippen LogP contribution in [0.1, 0.15) is 32.3 Å². The van der Waals surface area contributed by atoms with E-state index >= 15 is 0 Å². The van der Waals surface area contributed by atoms with Crippen molar-refractivity contribution in [1.29, 1.82) is 0 Å². The van der Waals surface area contributed by atoms with E-state index in [-0.39, 0.29) is 5.41 Å². The van der Waals surface area contributed by atoms with Gasteiger partial charge < -0.3 is 10.0 Å². The summed E-state index contributed by atoms with van der Waals surface area (Å²) < 4.78 is 0.985. The number of piperidine rings is 1. The molecule has 0 saturated carbocycles. The minimum absolute atomic E-state index is 0.270. The maximum absolute atomic E-state index is 11.8. The second-order valence-corrected chi connectivity index (χ2v) is 7.20. The molecule has 2 aromatic rings. The Labute approximate surface area is 127 Å². The fraction of sp³-hybridized carbons (Fsp3) is 0.533. The molecule has 0 bridgehead atoms. The molecular weight excluding hydrogens is 286 g/mol. The molecule has 1 aliphatic rings. The van der Waals surface area contributed by atoms with Gasteiger partial charge in [-0.05, 0) is 36.1 Å². The largest absolute Gasteiger partial charge is 0.480 e. The summed E-state index contributed by atoms with van der Waals surface area (Å²) in [7, 11) is 0. The normalized spacial score (nSPS) is 21.7. The molecule has 0 spiro atoms. The highest BCUT2D eigenvalue weighted by molar-refractivity contribution is 7.18. The maximum Gasteiger partial charge on any atom is 0.326 e. The van der Waals surface area contributed by atoms with Gasteiger partial charge >= 0.3 is 5.97 Å². The smallest absolute Gasteiger partial charge is 0.326 e. The zero-order valence-corrected chi connectivity index (χ0v) is 13.3. The summed E-state index contributed by atoms with van der Waals surface area (Å²) in [4.78, 5) is 22.5. The lowest BCUT2D eigenvalue weighted by Crippen LogP contribution is -2.54. The second-order valence-electron chi connectivity index (χ2n) is 6.32. The SMILES string of the molecule is Cc1csc2c(N3CCCC(C)(C)C3C(=O)O)ncnc12. The number of carboxylic acid groups (broad SMARTS) is 1. The van der Waals surface area contributed by atoms with Gasteiger partial charge in [0.15, 0.2) is 5.82 Å². The van der Waals surface area contributed by atoms with Gasteiger partial charge in [0, 0.05) is 6.54 Å². The number of aryl methyl sites for hydroxylation is 1. The number of anilines is 1. The van der Waals surface area contributed by atoms with Crippen molar-refractivity contribution in [3.8, 4) is 0 Å². The first-order valence-electron chi connectivity index (χ1n) is 7.10. The molecule has 21 heavy (non-hydrogen) atoms. The predicted octanol–water partition coefficient (Wildman–Crippen LogP) is 3.08. The molecule has 1 aliphatic heterocycles. The van der Waals surface area contributed by atoms with E-state index in [1.54, 1.807) is 11.3 Å². The Balaban J connectivity index is 2.14. The first-order valence-corrected chi connectivity index (χ1v) is 7.98. The van der Waals surface area contributed by atoms with E-state index in [2.05, 4.69) is 9.97 Å². The van der Waals surface area contributed by atoms with Crippen LogP contribution >= 0.6 is 11.3 Å². The molecule has 3 rings (SSSR count). The highest BCUT2D eigenvalue weighted by Crippen LogP contribution is 2.40. The van der Waals surface area contributed by atoms with E-state index in [1.165, 1.54) is 6.33 Å². The molecule has 0 aromatic carbocycles. The van der Waals surface area contributed by atoms with Gasteiger partial charge in [-0.15, -0.1) is 11.3 Å². The number of fused-ring (bicyclic) bond motifs is 1. The topological polar surface area (TPSA) is 66.3 Å². The number of hydrogen-bond acceptors (Lipinski definition) is 5. The summed E-state index contributed by atoms with van der Waals surface area (Å²) in [6.45, 7) is 6.79. The lowest BCUT2D eigenvalue weighted by Gasteiger charge is -2.44. The summed E-state index contributed by atoms with van der Waals surface area (Å²) in [5.41, 5.74) is 1.77. The van der Waals surface area contributed by atoms with Gasteiger partial charge in [-0.2, -0.15) is 0 Å². The van der Waals surface area contributed by atoms with Crippen molar-refractivity contribution < 1.29 is 9.90 Å². The quantitative estimate of drug-likeness (QED) is 0.923. The van der Waals surface area contributed by atoms with Gasteiger partial charge in [0.1, 0.15) is 12.4 Å². The van der Waals surface area contributed by atoms with Crippen molar-refractivity contribution in [2.24, 2.45) is 5.41 Å². The maximum atomic E-state index is 11.8. The zero-order chi connectivity index (χ0) is 15.2. The molecule has 2 aromatic heterocycles. The molecule has 0 radical (unpaired) electrons. The van der Waals surface area contributed by atoms with Crippen molar-refractivity contribution in [3.63, 3.8) is 0 Å². The van der Waals surface area contributed by atoms with Crippen LogP contribution in [0.3, 0.4) is 0 Å². The number of carbonyl (C=O) groups is 1. The Hall–Kier alpha value is -1.69. The average molecular weight is 305 g/mol. The molecule has 1 N–H and O–H groups in total. The third kappa shape index (κ3) is 2.27. The van der Waals surface area contributed by atoms with Gasteiger partial charge in [0.05, 0.1) is 10.2 Å². The number of nitrogens with zero attached hydrogens (tertiary/aromatic N) is 3. The fourth-order valence-electron chi connectivity index (χ4n) is 3.25. The van der Waals surface area contributed by atoms with Crippen molar-refractivity contribution in [1.82, 2.24) is 9.97 Å². The van der Waals surface area contributed by atoms with Gasteiger partial charge in [0.2, 0.25) is 0 Å². The number of aromatic nitrogens is 2. The van der Waals surface area contributed by atoms with E-state index in [0.717, 1.165) is 41.0 Å². The number of hydrogen-bond donors (Lipinski definition) is 1. The van der Waals surface area contributed by atoms with Gasteiger partial charge in [-0.3, -0.25) is 0 Å². The van der Waals surface area contributed by atoms with Gasteiger partial charge in [-0.25, -0.2) is 14.8 Å². The van der Waals surface area contributed by atoms with Crippen LogP contribution in [0, 0.1) is 12.3 Å². The van der Waals surface area contributed by atoms with E-state index < -0.39 is 12.0 Å². The van der Waals surface area contributed by atoms with Crippen LogP contribution in [0.2, 0.25) is 0 Å². The fourth-order valence-corrected chi connectivity index (χ4v) is 4.26. The number of rotatable bonds is 2. The van der Waals surface area contributed by atoms with Crippen LogP contribution in [0.15, 0.2) is 11.7 Å². The predicted molar refractivity (Wildman–Crippen MR) is 83.9 cm³/mol. The molecule has 1 atom stereocenters. The molecule has 0 aliphatic carbocycles. The minimum Gasteiger partial charge on any atom is -0.480 e. The van der Waals surface area contributed by atoms with Gasteiger partial charge in [-0.1, -0.05) is 13.8 Å². The van der Waals surface area contributed by atoms with E-state index in [1.807, 2.05) is 31.1 Å². The molecule has 6 heteroatoms. The number of thiophene rings is 1. The van der Waals surface area contributed by atoms with Crippen molar-refractivity contribution >= 4 is 33.3 Å². The Kier molecular flexibility index (Phi) is 3.36. The summed E-state index contributed by atoms with van der Waals surface area (Å²) >= 11 is 1.59. The molecule has 112 valence electrons. The highest BCUT2D eigenvalue weighted by Gasteiger charge is 2.43. The highest BCUT2D eigenvalue weighted by atomic mass is 32.1. The summed E-state index contributed by atoms with van der Waals surface area (Å²) in [5, 5.41) is 11.8. The molecule has 1 fully saturated rings. The molecule has 0 amide bonds. The third-order valence-corrected chi connectivity index (χ3v) is 5.37. The zero-order valence-electron chi connectivity index (χ0n) is 12.5. The Morgan fingerprint density at radius 3 is 2.95 bits per heavy atom. The first kappa shape index (κ1) is 14.3. The summed E-state index contributed by atoms with van der Waals surface area (Å²) in [6.07, 6.45) is 3.43. The Morgan fingerprint density at radius 1 is 1.48 bits per heavy atom. The van der Waals surface area contributed by atoms with Crippen LogP contribution in [0.5, 0.6) is 0 Å². The number of carboxylic acids is 1. The van der Waals surface area contributed by atoms with Gasteiger partial charge in [0.25, 0.3) is 0 Å². The molecular formula is C15H19N3O2S. The molecule has 5 nitrogen and oxygen atoms in total. The summed E-state index contributed by atoms with van der Waals surface area (Å²) in [6, 6.07) is -0.549. The molecule has 1 unspecified atom stereocenters. The van der Waals surface area contributed by atoms with Crippen molar-refractivity contribution in [2.75, 3.05) is 11.4 Å². The monoisotopic (exact) mass is 305 g/mol. The van der Waals surface area contributed by atoms with E-state index in [0.29, 0.717) is 0 Å². The van der Waals surface area contributed by atoms with Crippen LogP contribution in [0.25, 0.3) is 10.2 Å². The Bertz CT molecular complexity index is 695. The summed E-state index contributed by atoms with van der Waals surface area (Å²) in [5.74, 6) is -0.0157. The lowest BCUT2D eigenvalue weighted by molar-refractivity contribution is -0.142. The standard InChI is InChI=1S/C15H19N3O2S/c1-9-7-21-11-10(9)16-8-17-13(11)18-6-4-5-15(2,3)12(18)14(19)20/h7-8,12H,4-6H2,1-3H3,(H,19,20). The van der Waals surface area contributed by atoms with Crippen molar-refractivity contribution in [3.05, 3.63) is 17.3 Å². The Morgan fingerprint density at radius 2 is 2.24 bits per heavy atom. The first-order chi connectivity index (χ1) is 9.92. The molecule has 1 saturated heterocycles.